The number of anilines is 1. The zero-order valence-electron chi connectivity index (χ0n) is 11.3. The van der Waals surface area contributed by atoms with E-state index in [4.69, 9.17) is 15.2 Å². The van der Waals surface area contributed by atoms with Gasteiger partial charge in [-0.1, -0.05) is 36.4 Å². The Hall–Kier alpha value is -2.49. The number of nitrogen functional groups attached to an aromatic ring is 1. The maximum absolute atomic E-state index is 11.6. The van der Waals surface area contributed by atoms with Crippen LogP contribution in [0.4, 0.5) is 5.69 Å². The van der Waals surface area contributed by atoms with Crippen LogP contribution in [-0.4, -0.2) is 12.6 Å². The van der Waals surface area contributed by atoms with Gasteiger partial charge < -0.3 is 15.2 Å². The summed E-state index contributed by atoms with van der Waals surface area (Å²) in [5, 5.41) is 0. The van der Waals surface area contributed by atoms with Crippen LogP contribution in [0, 0.1) is 6.92 Å². The normalized spacial score (nSPS) is 10.1. The summed E-state index contributed by atoms with van der Waals surface area (Å²) in [7, 11) is 0. The molecule has 104 valence electrons. The van der Waals surface area contributed by atoms with Gasteiger partial charge in [0.1, 0.15) is 12.4 Å². The second kappa shape index (κ2) is 6.61. The van der Waals surface area contributed by atoms with Gasteiger partial charge in [-0.05, 0) is 30.2 Å². The number of carbonyl (C=O) groups is 1. The summed E-state index contributed by atoms with van der Waals surface area (Å²) in [5.41, 5.74) is 8.29. The summed E-state index contributed by atoms with van der Waals surface area (Å²) in [6.07, 6.45) is 0. The monoisotopic (exact) mass is 271 g/mol. The maximum atomic E-state index is 11.6. The topological polar surface area (TPSA) is 61.5 Å². The van der Waals surface area contributed by atoms with Crippen LogP contribution in [0.5, 0.6) is 5.75 Å². The minimum Gasteiger partial charge on any atom is -0.480 e. The van der Waals surface area contributed by atoms with Crippen LogP contribution in [-0.2, 0) is 16.1 Å². The first-order valence-electron chi connectivity index (χ1n) is 6.34. The van der Waals surface area contributed by atoms with E-state index in [2.05, 4.69) is 0 Å². The highest BCUT2D eigenvalue weighted by molar-refractivity contribution is 5.71. The van der Waals surface area contributed by atoms with Crippen LogP contribution in [0.15, 0.2) is 48.5 Å². The van der Waals surface area contributed by atoms with Crippen LogP contribution in [0.25, 0.3) is 0 Å². The number of hydrogen-bond donors (Lipinski definition) is 1. The average molecular weight is 271 g/mol. The molecular formula is C16H17NO3. The number of para-hydroxylation sites is 2. The van der Waals surface area contributed by atoms with E-state index in [0.717, 1.165) is 11.1 Å². The second-order valence-electron chi connectivity index (χ2n) is 4.41. The summed E-state index contributed by atoms with van der Waals surface area (Å²) in [6, 6.07) is 14.8. The second-order valence-corrected chi connectivity index (χ2v) is 4.41. The van der Waals surface area contributed by atoms with Crippen LogP contribution in [0.2, 0.25) is 0 Å². The molecule has 20 heavy (non-hydrogen) atoms. The predicted molar refractivity (Wildman–Crippen MR) is 77.3 cm³/mol. The minimum atomic E-state index is -0.420. The fourth-order valence-electron chi connectivity index (χ4n) is 1.72. The molecule has 0 saturated carbocycles. The number of nitrogens with two attached hydrogens (primary N) is 1. The molecule has 2 aromatic rings. The van der Waals surface area contributed by atoms with Crippen molar-refractivity contribution in [2.75, 3.05) is 12.3 Å². The summed E-state index contributed by atoms with van der Waals surface area (Å²) in [6.45, 7) is 2.07. The van der Waals surface area contributed by atoms with Crippen LogP contribution < -0.4 is 10.5 Å². The Labute approximate surface area is 118 Å². The van der Waals surface area contributed by atoms with Gasteiger partial charge in [0, 0.05) is 0 Å². The number of benzene rings is 2. The van der Waals surface area contributed by atoms with E-state index >= 15 is 0 Å². The number of carbonyl (C=O) groups excluding carboxylic acids is 1. The van der Waals surface area contributed by atoms with Crippen molar-refractivity contribution < 1.29 is 14.3 Å². The third-order valence-corrected chi connectivity index (χ3v) is 2.91. The molecule has 0 aliphatic rings. The molecule has 2 rings (SSSR count). The Kier molecular flexibility index (Phi) is 4.60. The molecule has 0 aromatic heterocycles. The lowest BCUT2D eigenvalue weighted by Gasteiger charge is -2.09. The van der Waals surface area contributed by atoms with Crippen LogP contribution in [0.1, 0.15) is 11.1 Å². The molecule has 0 heterocycles. The fraction of sp³-hybridized carbons (Fsp3) is 0.188. The van der Waals surface area contributed by atoms with E-state index in [1.165, 1.54) is 0 Å². The standard InChI is InChI=1S/C16H17NO3/c1-12-6-2-3-7-13(12)10-20-16(18)11-19-15-9-5-4-8-14(15)17/h2-9H,10-11,17H2,1H3. The highest BCUT2D eigenvalue weighted by Gasteiger charge is 2.07. The van der Waals surface area contributed by atoms with Gasteiger partial charge in [-0.15, -0.1) is 0 Å². The molecule has 2 aromatic carbocycles. The Morgan fingerprint density at radius 3 is 2.55 bits per heavy atom. The van der Waals surface area contributed by atoms with Crippen LogP contribution >= 0.6 is 0 Å². The molecule has 4 nitrogen and oxygen atoms in total. The minimum absolute atomic E-state index is 0.153. The van der Waals surface area contributed by atoms with Crippen LogP contribution in [0.3, 0.4) is 0 Å². The molecule has 0 unspecified atom stereocenters. The van der Waals surface area contributed by atoms with Crippen molar-refractivity contribution >= 4 is 11.7 Å². The quantitative estimate of drug-likeness (QED) is 0.671. The van der Waals surface area contributed by atoms with E-state index in [9.17, 15) is 4.79 Å². The first-order chi connectivity index (χ1) is 9.66. The van der Waals surface area contributed by atoms with Gasteiger partial charge in [0.05, 0.1) is 5.69 Å². The zero-order valence-corrected chi connectivity index (χ0v) is 11.3. The third kappa shape index (κ3) is 3.75. The van der Waals surface area contributed by atoms with Crippen molar-refractivity contribution in [2.45, 2.75) is 13.5 Å². The van der Waals surface area contributed by atoms with Gasteiger partial charge in [-0.2, -0.15) is 0 Å². The molecule has 0 spiro atoms. The van der Waals surface area contributed by atoms with Gasteiger partial charge in [0.15, 0.2) is 6.61 Å². The van der Waals surface area contributed by atoms with E-state index in [0.29, 0.717) is 11.4 Å². The zero-order chi connectivity index (χ0) is 14.4. The molecule has 0 amide bonds. The van der Waals surface area contributed by atoms with Crippen molar-refractivity contribution in [1.29, 1.82) is 0 Å². The smallest absolute Gasteiger partial charge is 0.344 e. The average Bonchev–Trinajstić information content (AvgIpc) is 2.45. The molecule has 2 N–H and O–H groups in total. The summed E-state index contributed by atoms with van der Waals surface area (Å²) in [4.78, 5) is 11.6. The lowest BCUT2D eigenvalue weighted by atomic mass is 10.1. The number of hydrogen-bond acceptors (Lipinski definition) is 4. The lowest BCUT2D eigenvalue weighted by Crippen LogP contribution is -2.15. The number of ether oxygens (including phenoxy) is 2. The maximum Gasteiger partial charge on any atom is 0.344 e. The number of rotatable bonds is 5. The SMILES string of the molecule is Cc1ccccc1COC(=O)COc1ccccc1N. The molecule has 0 radical (unpaired) electrons. The summed E-state index contributed by atoms with van der Waals surface area (Å²) in [5.74, 6) is 0.0665. The lowest BCUT2D eigenvalue weighted by molar-refractivity contribution is -0.147. The molecule has 0 fully saturated rings. The summed E-state index contributed by atoms with van der Waals surface area (Å²) < 4.78 is 10.5. The Balaban J connectivity index is 1.82. The van der Waals surface area contributed by atoms with E-state index in [-0.39, 0.29) is 13.2 Å². The van der Waals surface area contributed by atoms with Gasteiger partial charge in [0.25, 0.3) is 0 Å². The van der Waals surface area contributed by atoms with Crippen molar-refractivity contribution in [3.63, 3.8) is 0 Å². The predicted octanol–water partition coefficient (Wildman–Crippen LogP) is 2.70. The third-order valence-electron chi connectivity index (χ3n) is 2.91. The fourth-order valence-corrected chi connectivity index (χ4v) is 1.72. The first kappa shape index (κ1) is 13.9. The van der Waals surface area contributed by atoms with Gasteiger partial charge in [-0.3, -0.25) is 0 Å². The Bertz CT molecular complexity index is 544. The number of aryl methyl sites for hydroxylation is 1. The molecule has 0 bridgehead atoms. The highest BCUT2D eigenvalue weighted by atomic mass is 16.6. The molecule has 0 aliphatic heterocycles. The van der Waals surface area contributed by atoms with E-state index < -0.39 is 5.97 Å². The molecule has 0 aliphatic carbocycles. The van der Waals surface area contributed by atoms with E-state index in [1.54, 1.807) is 24.3 Å². The van der Waals surface area contributed by atoms with Gasteiger partial charge >= 0.3 is 5.97 Å². The van der Waals surface area contributed by atoms with Gasteiger partial charge in [0.2, 0.25) is 0 Å². The van der Waals surface area contributed by atoms with Gasteiger partial charge in [-0.25, -0.2) is 4.79 Å². The van der Waals surface area contributed by atoms with Crippen molar-refractivity contribution in [1.82, 2.24) is 0 Å². The van der Waals surface area contributed by atoms with Crippen molar-refractivity contribution in [3.05, 3.63) is 59.7 Å². The van der Waals surface area contributed by atoms with Crippen molar-refractivity contribution in [2.24, 2.45) is 0 Å². The highest BCUT2D eigenvalue weighted by Crippen LogP contribution is 2.19. The molecule has 0 atom stereocenters. The van der Waals surface area contributed by atoms with E-state index in [1.807, 2.05) is 31.2 Å². The first-order valence-corrected chi connectivity index (χ1v) is 6.34. The number of esters is 1. The largest absolute Gasteiger partial charge is 0.480 e. The molecule has 0 saturated heterocycles. The molecule has 4 heteroatoms. The Morgan fingerprint density at radius 2 is 1.80 bits per heavy atom. The summed E-state index contributed by atoms with van der Waals surface area (Å²) >= 11 is 0. The Morgan fingerprint density at radius 1 is 1.10 bits per heavy atom. The van der Waals surface area contributed by atoms with Crippen molar-refractivity contribution in [3.8, 4) is 5.75 Å². The molecular weight excluding hydrogens is 254 g/mol.